The van der Waals surface area contributed by atoms with Crippen molar-refractivity contribution < 1.29 is 17.1 Å². The van der Waals surface area contributed by atoms with Crippen molar-refractivity contribution in [2.24, 2.45) is 0 Å². The van der Waals surface area contributed by atoms with Gasteiger partial charge in [0.05, 0.1) is 0 Å². The van der Waals surface area contributed by atoms with Gasteiger partial charge in [-0.25, -0.2) is 18.2 Å². The Morgan fingerprint density at radius 2 is 1.00 bits per heavy atom. The molecule has 0 unspecified atom stereocenters. The summed E-state index contributed by atoms with van der Waals surface area (Å²) in [5.74, 6) is 0. The second-order valence-corrected chi connectivity index (χ2v) is 12.9. The molecule has 1 atom stereocenters. The van der Waals surface area contributed by atoms with Gasteiger partial charge in [0.1, 0.15) is 0 Å². The van der Waals surface area contributed by atoms with Gasteiger partial charge >= 0.3 is 17.1 Å². The van der Waals surface area contributed by atoms with Gasteiger partial charge in [-0.2, -0.15) is 29.6 Å². The molecule has 0 nitrogen and oxygen atoms in total. The Bertz CT molecular complexity index is 1270. The summed E-state index contributed by atoms with van der Waals surface area (Å²) in [5.41, 5.74) is 0.407. The second kappa shape index (κ2) is 14.1. The second-order valence-electron chi connectivity index (χ2n) is 8.35. The minimum absolute atomic E-state index is 0. The topological polar surface area (TPSA) is 0 Å². The molecule has 37 heavy (non-hydrogen) atoms. The van der Waals surface area contributed by atoms with E-state index < -0.39 is 7.92 Å². The van der Waals surface area contributed by atoms with E-state index in [0.717, 1.165) is 0 Å². The smallest absolute Gasteiger partial charge is 0.265 e. The molecule has 5 aromatic carbocycles. The van der Waals surface area contributed by atoms with Crippen LogP contribution in [0.1, 0.15) is 0 Å². The van der Waals surface area contributed by atoms with Crippen molar-refractivity contribution in [3.63, 3.8) is 0 Å². The van der Waals surface area contributed by atoms with E-state index in [2.05, 4.69) is 164 Å². The van der Waals surface area contributed by atoms with Crippen molar-refractivity contribution in [2.45, 2.75) is 5.66 Å². The van der Waals surface area contributed by atoms with Gasteiger partial charge in [-0.15, -0.1) is 0 Å². The van der Waals surface area contributed by atoms with Crippen molar-refractivity contribution in [2.75, 3.05) is 0 Å². The van der Waals surface area contributed by atoms with Crippen LogP contribution in [-0.2, 0) is 17.1 Å². The monoisotopic (exact) mass is 554 g/mol. The van der Waals surface area contributed by atoms with Crippen LogP contribution >= 0.6 is 15.8 Å². The summed E-state index contributed by atoms with van der Waals surface area (Å²) in [6, 6.07) is 51.8. The van der Waals surface area contributed by atoms with E-state index in [1.54, 1.807) is 0 Å². The number of rotatable bonds is 6. The van der Waals surface area contributed by atoms with Crippen LogP contribution in [0.2, 0.25) is 0 Å². The molecule has 0 aliphatic heterocycles. The Kier molecular flexibility index (Phi) is 10.4. The van der Waals surface area contributed by atoms with Crippen LogP contribution in [0.4, 0.5) is 0 Å². The van der Waals surface area contributed by atoms with Crippen LogP contribution in [0.25, 0.3) is 0 Å². The van der Waals surface area contributed by atoms with E-state index in [0.29, 0.717) is 5.66 Å². The van der Waals surface area contributed by atoms with Crippen molar-refractivity contribution >= 4 is 42.4 Å². The van der Waals surface area contributed by atoms with E-state index in [9.17, 15) is 0 Å². The molecule has 182 valence electrons. The average molecular weight is 554 g/mol. The van der Waals surface area contributed by atoms with E-state index in [4.69, 9.17) is 0 Å². The molecule has 6 rings (SSSR count). The molecule has 0 heterocycles. The third kappa shape index (κ3) is 7.11. The summed E-state index contributed by atoms with van der Waals surface area (Å²) in [4.78, 5) is 0. The van der Waals surface area contributed by atoms with Crippen LogP contribution in [0.15, 0.2) is 164 Å². The van der Waals surface area contributed by atoms with Crippen LogP contribution in [0.3, 0.4) is 0 Å². The van der Waals surface area contributed by atoms with Gasteiger partial charge in [-0.1, -0.05) is 143 Å². The van der Waals surface area contributed by atoms with Crippen molar-refractivity contribution in [1.29, 1.82) is 0 Å². The first-order valence-corrected chi connectivity index (χ1v) is 14.9. The number of hydrogen-bond acceptors (Lipinski definition) is 0. The zero-order chi connectivity index (χ0) is 24.4. The molecule has 3 heteroatoms. The first-order valence-electron chi connectivity index (χ1n) is 12.2. The molecule has 0 fully saturated rings. The Balaban J connectivity index is 0.000000168. The first-order chi connectivity index (χ1) is 17.9. The van der Waals surface area contributed by atoms with Crippen LogP contribution in [0.5, 0.6) is 0 Å². The van der Waals surface area contributed by atoms with Crippen molar-refractivity contribution in [1.82, 2.24) is 0 Å². The summed E-state index contributed by atoms with van der Waals surface area (Å²) < 4.78 is 0. The maximum Gasteiger partial charge on any atom is 2.00 e. The van der Waals surface area contributed by atoms with Crippen LogP contribution in [0, 0.1) is 6.08 Å². The summed E-state index contributed by atoms with van der Waals surface area (Å²) in [6.07, 6.45) is 9.84. The van der Waals surface area contributed by atoms with Gasteiger partial charge in [0.2, 0.25) is 0 Å². The molecule has 1 aliphatic rings. The fraction of sp³-hybridized carbons (Fsp3) is 0.0294. The fourth-order valence-electron chi connectivity index (χ4n) is 4.29. The van der Waals surface area contributed by atoms with E-state index in [1.165, 1.54) is 26.5 Å². The third-order valence-corrected chi connectivity index (χ3v) is 11.0. The molecule has 0 amide bonds. The number of allylic oxidation sites excluding steroid dienone is 4. The normalized spacial score (nSPS) is 13.7. The van der Waals surface area contributed by atoms with Crippen LogP contribution in [-0.4, -0.2) is 5.66 Å². The predicted molar refractivity (Wildman–Crippen MR) is 161 cm³/mol. The van der Waals surface area contributed by atoms with Gasteiger partial charge in [0.15, 0.2) is 0 Å². The predicted octanol–water partition coefficient (Wildman–Crippen LogP) is 6.58. The van der Waals surface area contributed by atoms with E-state index >= 15 is 0 Å². The third-order valence-electron chi connectivity index (χ3n) is 5.94. The van der Waals surface area contributed by atoms with Gasteiger partial charge in [-0.3, -0.25) is 6.08 Å². The van der Waals surface area contributed by atoms with Crippen molar-refractivity contribution in [3.8, 4) is 0 Å². The van der Waals surface area contributed by atoms with Gasteiger partial charge in [0.25, 0.3) is 0 Å². The molecule has 5 aromatic rings. The molecule has 0 saturated carbocycles. The fourth-order valence-corrected chi connectivity index (χ4v) is 9.03. The number of hydrogen-bond donors (Lipinski definition) is 0. The van der Waals surface area contributed by atoms with Gasteiger partial charge in [-0.05, 0) is 21.2 Å². The molecule has 0 aromatic heterocycles. The number of benzene rings is 4. The molecule has 0 N–H and O–H groups in total. The molecule has 0 spiro atoms. The van der Waals surface area contributed by atoms with Gasteiger partial charge in [0, 0.05) is 0 Å². The quantitative estimate of drug-likeness (QED) is 0.127. The molecule has 1 aliphatic carbocycles. The van der Waals surface area contributed by atoms with Crippen molar-refractivity contribution in [3.05, 3.63) is 170 Å². The van der Waals surface area contributed by atoms with Crippen LogP contribution < -0.4 is 26.5 Å². The molecule has 0 bridgehead atoms. The zero-order valence-corrected chi connectivity index (χ0v) is 23.3. The Hall–Kier alpha value is -2.91. The largest absolute Gasteiger partial charge is 2.00 e. The molecule has 0 radical (unpaired) electrons. The standard InChI is InChI=1S/2C17H14P.Fe/c2*1-3-9-15(10-4-1)18(17-13-7-8-14-17)16-11-5-2-6-12-16;/h1-13,17H;1-14H;/q2*-1;+2/t17-;;/m0../s1. The Morgan fingerprint density at radius 3 is 1.38 bits per heavy atom. The summed E-state index contributed by atoms with van der Waals surface area (Å²) in [6.45, 7) is 0. The maximum atomic E-state index is 3.45. The Morgan fingerprint density at radius 1 is 0.541 bits per heavy atom. The average Bonchev–Trinajstić information content (AvgIpc) is 3.68. The maximum absolute atomic E-state index is 3.45. The summed E-state index contributed by atoms with van der Waals surface area (Å²) in [5, 5.41) is 7.06. The zero-order valence-electron chi connectivity index (χ0n) is 20.4. The first kappa shape index (κ1) is 27.1. The summed E-state index contributed by atoms with van der Waals surface area (Å²) >= 11 is 0. The molecule has 0 saturated heterocycles. The minimum Gasteiger partial charge on any atom is -0.265 e. The minimum atomic E-state index is -0.409. The summed E-state index contributed by atoms with van der Waals surface area (Å²) in [7, 11) is -0.790. The van der Waals surface area contributed by atoms with E-state index in [-0.39, 0.29) is 25.0 Å². The molecular weight excluding hydrogens is 526 g/mol. The SMILES string of the molecule is [C-]1=CC=C[C@@H]1P(c1ccccc1)c1ccccc1.[Fe+2].c1ccc(P(c2ccccc2)c2cc[cH-]c2)cc1. The molecular formula is C34H28FeP2. The van der Waals surface area contributed by atoms with E-state index in [1.807, 2.05) is 6.08 Å². The Labute approximate surface area is 234 Å². The van der Waals surface area contributed by atoms with Gasteiger partial charge < -0.3 is 0 Å².